The Balaban J connectivity index is 2.01. The number of aromatic carboxylic acids is 1. The molecule has 0 aliphatic heterocycles. The van der Waals surface area contributed by atoms with Crippen LogP contribution in [0.4, 0.5) is 0 Å². The van der Waals surface area contributed by atoms with Crippen molar-refractivity contribution in [1.29, 1.82) is 0 Å². The molecule has 2 rings (SSSR count). The molecule has 0 atom stereocenters. The number of aryl methyl sites for hydroxylation is 1. The highest BCUT2D eigenvalue weighted by Crippen LogP contribution is 2.16. The van der Waals surface area contributed by atoms with Crippen molar-refractivity contribution in [2.24, 2.45) is 0 Å². The normalized spacial score (nSPS) is 10.4. The van der Waals surface area contributed by atoms with Crippen LogP contribution in [0.25, 0.3) is 0 Å². The first-order valence-electron chi connectivity index (χ1n) is 5.33. The van der Waals surface area contributed by atoms with Gasteiger partial charge in [0.05, 0.1) is 6.54 Å². The smallest absolute Gasteiger partial charge is 0.339 e. The summed E-state index contributed by atoms with van der Waals surface area (Å²) in [5.41, 5.74) is 0.0880. The van der Waals surface area contributed by atoms with Crippen LogP contribution in [0, 0.1) is 6.92 Å². The van der Waals surface area contributed by atoms with E-state index in [1.165, 1.54) is 12.1 Å². The molecule has 2 heterocycles. The van der Waals surface area contributed by atoms with E-state index in [0.717, 1.165) is 0 Å². The van der Waals surface area contributed by atoms with E-state index in [2.05, 4.69) is 21.2 Å². The summed E-state index contributed by atoms with van der Waals surface area (Å²) in [6.07, 6.45) is 0. The van der Waals surface area contributed by atoms with E-state index < -0.39 is 11.9 Å². The molecule has 2 aromatic rings. The molecule has 19 heavy (non-hydrogen) atoms. The lowest BCUT2D eigenvalue weighted by molar-refractivity contribution is 0.0694. The number of nitrogens with one attached hydrogen (secondary N) is 1. The van der Waals surface area contributed by atoms with Crippen molar-refractivity contribution in [3.63, 3.8) is 0 Å². The Bertz CT molecular complexity index is 628. The maximum Gasteiger partial charge on any atom is 0.339 e. The summed E-state index contributed by atoms with van der Waals surface area (Å²) in [6, 6.07) is 4.51. The van der Waals surface area contributed by atoms with Crippen LogP contribution in [-0.4, -0.2) is 17.0 Å². The van der Waals surface area contributed by atoms with Crippen LogP contribution in [-0.2, 0) is 6.54 Å². The largest absolute Gasteiger partial charge is 0.478 e. The number of carboxylic acids is 1. The van der Waals surface area contributed by atoms with Crippen molar-refractivity contribution >= 4 is 27.8 Å². The lowest BCUT2D eigenvalue weighted by Gasteiger charge is -1.99. The van der Waals surface area contributed by atoms with E-state index in [4.69, 9.17) is 13.9 Å². The van der Waals surface area contributed by atoms with Gasteiger partial charge in [-0.25, -0.2) is 4.79 Å². The lowest BCUT2D eigenvalue weighted by Crippen LogP contribution is -2.21. The maximum absolute atomic E-state index is 11.7. The molecule has 6 nitrogen and oxygen atoms in total. The summed E-state index contributed by atoms with van der Waals surface area (Å²) < 4.78 is 10.8. The Morgan fingerprint density at radius 3 is 2.63 bits per heavy atom. The van der Waals surface area contributed by atoms with Gasteiger partial charge < -0.3 is 19.3 Å². The summed E-state index contributed by atoms with van der Waals surface area (Å²) >= 11 is 3.09. The number of carbonyl (C=O) groups excluding carboxylic acids is 1. The summed E-state index contributed by atoms with van der Waals surface area (Å²) in [4.78, 5) is 22.5. The highest BCUT2D eigenvalue weighted by molar-refractivity contribution is 9.10. The van der Waals surface area contributed by atoms with Gasteiger partial charge >= 0.3 is 5.97 Å². The maximum atomic E-state index is 11.7. The van der Waals surface area contributed by atoms with Gasteiger partial charge in [-0.2, -0.15) is 0 Å². The Kier molecular flexibility index (Phi) is 3.75. The number of furan rings is 2. The van der Waals surface area contributed by atoms with Gasteiger partial charge in [-0.15, -0.1) is 0 Å². The van der Waals surface area contributed by atoms with E-state index in [1.807, 2.05) is 0 Å². The molecule has 100 valence electrons. The lowest BCUT2D eigenvalue weighted by atomic mass is 10.2. The number of halogens is 1. The van der Waals surface area contributed by atoms with Crippen molar-refractivity contribution < 1.29 is 23.5 Å². The summed E-state index contributed by atoms with van der Waals surface area (Å²) in [7, 11) is 0. The third-order valence-corrected chi connectivity index (χ3v) is 2.85. The minimum atomic E-state index is -1.06. The highest BCUT2D eigenvalue weighted by Gasteiger charge is 2.15. The number of carbonyl (C=O) groups is 2. The molecule has 0 aliphatic rings. The standard InChI is InChI=1S/C12H10BrNO5/c1-6-8(12(16)17)4-7(18-6)5-14-11(15)9-2-3-10(13)19-9/h2-4H,5H2,1H3,(H,14,15)(H,16,17). The monoisotopic (exact) mass is 327 g/mol. The summed E-state index contributed by atoms with van der Waals surface area (Å²) in [5, 5.41) is 11.4. The van der Waals surface area contributed by atoms with Gasteiger partial charge in [0.15, 0.2) is 10.4 Å². The zero-order chi connectivity index (χ0) is 14.0. The average Bonchev–Trinajstić information content (AvgIpc) is 2.92. The predicted octanol–water partition coefficient (Wildman–Crippen LogP) is 2.57. The molecular formula is C12H10BrNO5. The fraction of sp³-hybridized carbons (Fsp3) is 0.167. The van der Waals surface area contributed by atoms with Gasteiger partial charge in [-0.3, -0.25) is 4.79 Å². The highest BCUT2D eigenvalue weighted by atomic mass is 79.9. The number of hydrogen-bond acceptors (Lipinski definition) is 4. The molecule has 0 aromatic carbocycles. The Morgan fingerprint density at radius 2 is 2.11 bits per heavy atom. The zero-order valence-corrected chi connectivity index (χ0v) is 11.5. The molecule has 0 aliphatic carbocycles. The average molecular weight is 328 g/mol. The third-order valence-electron chi connectivity index (χ3n) is 2.42. The fourth-order valence-corrected chi connectivity index (χ4v) is 1.84. The van der Waals surface area contributed by atoms with E-state index >= 15 is 0 Å². The fourth-order valence-electron chi connectivity index (χ4n) is 1.53. The molecule has 2 aromatic heterocycles. The Hall–Kier alpha value is -2.02. The van der Waals surface area contributed by atoms with Crippen LogP contribution in [0.15, 0.2) is 31.7 Å². The minimum Gasteiger partial charge on any atom is -0.478 e. The van der Waals surface area contributed by atoms with Crippen molar-refractivity contribution in [1.82, 2.24) is 5.32 Å². The van der Waals surface area contributed by atoms with E-state index in [9.17, 15) is 9.59 Å². The summed E-state index contributed by atoms with van der Waals surface area (Å²) in [5.74, 6) is -0.634. The molecule has 0 spiro atoms. The molecular weight excluding hydrogens is 318 g/mol. The van der Waals surface area contributed by atoms with Gasteiger partial charge in [-0.05, 0) is 41.1 Å². The van der Waals surface area contributed by atoms with Crippen LogP contribution in [0.1, 0.15) is 32.4 Å². The zero-order valence-electron chi connectivity index (χ0n) is 9.90. The first kappa shape index (κ1) is 13.4. The predicted molar refractivity (Wildman–Crippen MR) is 68.0 cm³/mol. The molecule has 0 radical (unpaired) electrons. The molecule has 0 unspecified atom stereocenters. The Labute approximate surface area is 116 Å². The number of carboxylic acid groups (broad SMARTS) is 1. The molecule has 1 amide bonds. The van der Waals surface area contributed by atoms with Gasteiger partial charge in [0.2, 0.25) is 0 Å². The second-order valence-corrected chi connectivity index (χ2v) is 4.56. The number of amides is 1. The minimum absolute atomic E-state index is 0.0880. The van der Waals surface area contributed by atoms with E-state index in [1.54, 1.807) is 13.0 Å². The van der Waals surface area contributed by atoms with Crippen molar-refractivity contribution in [2.75, 3.05) is 0 Å². The molecule has 2 N–H and O–H groups in total. The summed E-state index contributed by atoms with van der Waals surface area (Å²) in [6.45, 7) is 1.64. The van der Waals surface area contributed by atoms with Gasteiger partial charge in [0.25, 0.3) is 5.91 Å². The van der Waals surface area contributed by atoms with Crippen molar-refractivity contribution in [3.05, 3.63) is 45.7 Å². The quantitative estimate of drug-likeness (QED) is 0.900. The number of rotatable bonds is 4. The third kappa shape index (κ3) is 3.05. The molecule has 0 saturated carbocycles. The second-order valence-electron chi connectivity index (χ2n) is 3.77. The first-order chi connectivity index (χ1) is 8.97. The SMILES string of the molecule is Cc1oc(CNC(=O)c2ccc(Br)o2)cc1C(=O)O. The van der Waals surface area contributed by atoms with Crippen LogP contribution in [0.2, 0.25) is 0 Å². The number of hydrogen-bond donors (Lipinski definition) is 2. The van der Waals surface area contributed by atoms with E-state index in [-0.39, 0.29) is 17.9 Å². The molecule has 7 heteroatoms. The van der Waals surface area contributed by atoms with Crippen LogP contribution in [0.5, 0.6) is 0 Å². The van der Waals surface area contributed by atoms with Gasteiger partial charge in [0.1, 0.15) is 17.1 Å². The van der Waals surface area contributed by atoms with Crippen molar-refractivity contribution in [3.8, 4) is 0 Å². The molecule has 0 bridgehead atoms. The van der Waals surface area contributed by atoms with Gasteiger partial charge in [0, 0.05) is 0 Å². The van der Waals surface area contributed by atoms with Crippen LogP contribution >= 0.6 is 15.9 Å². The topological polar surface area (TPSA) is 92.7 Å². The first-order valence-corrected chi connectivity index (χ1v) is 6.13. The second kappa shape index (κ2) is 5.31. The van der Waals surface area contributed by atoms with Crippen LogP contribution < -0.4 is 5.32 Å². The molecule has 0 fully saturated rings. The Morgan fingerprint density at radius 1 is 1.37 bits per heavy atom. The van der Waals surface area contributed by atoms with E-state index in [0.29, 0.717) is 16.2 Å². The molecule has 0 saturated heterocycles. The van der Waals surface area contributed by atoms with Crippen LogP contribution in [0.3, 0.4) is 0 Å². The van der Waals surface area contributed by atoms with Crippen molar-refractivity contribution in [2.45, 2.75) is 13.5 Å². The van der Waals surface area contributed by atoms with Gasteiger partial charge in [-0.1, -0.05) is 0 Å².